The van der Waals surface area contributed by atoms with Gasteiger partial charge in [0.05, 0.1) is 12.8 Å². The Morgan fingerprint density at radius 1 is 1.27 bits per heavy atom. The van der Waals surface area contributed by atoms with Crippen molar-refractivity contribution in [1.29, 1.82) is 0 Å². The van der Waals surface area contributed by atoms with Gasteiger partial charge in [-0.05, 0) is 24.3 Å². The van der Waals surface area contributed by atoms with Gasteiger partial charge in [-0.1, -0.05) is 0 Å². The highest BCUT2D eigenvalue weighted by Crippen LogP contribution is 2.23. The van der Waals surface area contributed by atoms with E-state index in [0.717, 1.165) is 11.3 Å². The van der Waals surface area contributed by atoms with E-state index in [1.54, 1.807) is 25.6 Å². The molecule has 0 aliphatic rings. The highest BCUT2D eigenvalue weighted by molar-refractivity contribution is 5.62. The number of pyridine rings is 2. The average Bonchev–Trinajstić information content (AvgIpc) is 2.30. The molecule has 4 heteroatoms. The van der Waals surface area contributed by atoms with Crippen molar-refractivity contribution < 1.29 is 4.74 Å². The first-order chi connectivity index (χ1) is 7.31. The molecule has 15 heavy (non-hydrogen) atoms. The third kappa shape index (κ3) is 1.88. The van der Waals surface area contributed by atoms with Gasteiger partial charge in [0.15, 0.2) is 11.6 Å². The van der Waals surface area contributed by atoms with Gasteiger partial charge in [-0.3, -0.25) is 4.98 Å². The summed E-state index contributed by atoms with van der Waals surface area (Å²) >= 11 is 0. The van der Waals surface area contributed by atoms with Crippen molar-refractivity contribution in [3.05, 3.63) is 36.7 Å². The van der Waals surface area contributed by atoms with Crippen LogP contribution in [0.4, 0.5) is 5.82 Å². The van der Waals surface area contributed by atoms with Crippen molar-refractivity contribution in [3.63, 3.8) is 0 Å². The first kappa shape index (κ1) is 9.45. The number of nitrogen functional groups attached to an aromatic ring is 1. The quantitative estimate of drug-likeness (QED) is 0.803. The molecule has 0 unspecified atom stereocenters. The van der Waals surface area contributed by atoms with Crippen LogP contribution >= 0.6 is 0 Å². The van der Waals surface area contributed by atoms with Crippen LogP contribution in [0.3, 0.4) is 0 Å². The number of anilines is 1. The summed E-state index contributed by atoms with van der Waals surface area (Å²) in [6, 6.07) is 7.44. The summed E-state index contributed by atoms with van der Waals surface area (Å²) in [6.07, 6.45) is 3.46. The van der Waals surface area contributed by atoms with Crippen LogP contribution in [0.2, 0.25) is 0 Å². The smallest absolute Gasteiger partial charge is 0.166 e. The summed E-state index contributed by atoms with van der Waals surface area (Å²) in [6.45, 7) is 0. The summed E-state index contributed by atoms with van der Waals surface area (Å²) in [7, 11) is 1.57. The standard InChI is InChI=1S/C11H11N3O/c1-15-10-5-4-9(14-11(10)12)8-3-2-6-13-7-8/h2-7H,1H3,(H2,12,14). The van der Waals surface area contributed by atoms with Crippen molar-refractivity contribution in [2.24, 2.45) is 0 Å². The van der Waals surface area contributed by atoms with E-state index in [2.05, 4.69) is 9.97 Å². The summed E-state index contributed by atoms with van der Waals surface area (Å²) < 4.78 is 5.03. The first-order valence-electron chi connectivity index (χ1n) is 4.52. The normalized spacial score (nSPS) is 9.93. The maximum Gasteiger partial charge on any atom is 0.166 e. The van der Waals surface area contributed by atoms with Crippen molar-refractivity contribution in [1.82, 2.24) is 9.97 Å². The van der Waals surface area contributed by atoms with Gasteiger partial charge < -0.3 is 10.5 Å². The van der Waals surface area contributed by atoms with Gasteiger partial charge in [-0.15, -0.1) is 0 Å². The Kier molecular flexibility index (Phi) is 2.49. The maximum atomic E-state index is 5.71. The highest BCUT2D eigenvalue weighted by Gasteiger charge is 2.03. The molecule has 0 atom stereocenters. The Balaban J connectivity index is 2.43. The zero-order chi connectivity index (χ0) is 10.7. The molecular weight excluding hydrogens is 190 g/mol. The number of ether oxygens (including phenoxy) is 1. The van der Waals surface area contributed by atoms with Crippen molar-refractivity contribution >= 4 is 5.82 Å². The molecule has 76 valence electrons. The fourth-order valence-electron chi connectivity index (χ4n) is 1.31. The molecule has 0 saturated heterocycles. The zero-order valence-corrected chi connectivity index (χ0v) is 8.34. The molecule has 0 bridgehead atoms. The fraction of sp³-hybridized carbons (Fsp3) is 0.0909. The summed E-state index contributed by atoms with van der Waals surface area (Å²) in [5, 5.41) is 0. The lowest BCUT2D eigenvalue weighted by Crippen LogP contribution is -1.96. The van der Waals surface area contributed by atoms with Gasteiger partial charge in [-0.25, -0.2) is 4.98 Å². The Morgan fingerprint density at radius 3 is 2.73 bits per heavy atom. The minimum atomic E-state index is 0.388. The van der Waals surface area contributed by atoms with Gasteiger partial charge >= 0.3 is 0 Å². The molecule has 0 fully saturated rings. The zero-order valence-electron chi connectivity index (χ0n) is 8.34. The number of nitrogens with two attached hydrogens (primary N) is 1. The molecule has 0 aromatic carbocycles. The molecule has 2 aromatic rings. The van der Waals surface area contributed by atoms with Gasteiger partial charge in [0.2, 0.25) is 0 Å². The first-order valence-corrected chi connectivity index (χ1v) is 4.52. The van der Waals surface area contributed by atoms with E-state index in [9.17, 15) is 0 Å². The van der Waals surface area contributed by atoms with Crippen LogP contribution in [-0.2, 0) is 0 Å². The second-order valence-electron chi connectivity index (χ2n) is 3.03. The third-order valence-electron chi connectivity index (χ3n) is 2.06. The minimum Gasteiger partial charge on any atom is -0.493 e. The van der Waals surface area contributed by atoms with E-state index in [-0.39, 0.29) is 0 Å². The Hall–Kier alpha value is -2.10. The Labute approximate surface area is 87.7 Å². The van der Waals surface area contributed by atoms with Crippen LogP contribution in [-0.4, -0.2) is 17.1 Å². The van der Waals surface area contributed by atoms with E-state index in [4.69, 9.17) is 10.5 Å². The predicted molar refractivity (Wildman–Crippen MR) is 58.4 cm³/mol. The lowest BCUT2D eigenvalue weighted by atomic mass is 10.2. The molecule has 0 amide bonds. The molecule has 0 aliphatic heterocycles. The number of rotatable bonds is 2. The van der Waals surface area contributed by atoms with E-state index < -0.39 is 0 Å². The van der Waals surface area contributed by atoms with Crippen molar-refractivity contribution in [3.8, 4) is 17.0 Å². The molecular formula is C11H11N3O. The van der Waals surface area contributed by atoms with Gasteiger partial charge in [0.25, 0.3) is 0 Å². The molecule has 0 aliphatic carbocycles. The average molecular weight is 201 g/mol. The maximum absolute atomic E-state index is 5.71. The lowest BCUT2D eigenvalue weighted by Gasteiger charge is -2.05. The van der Waals surface area contributed by atoms with Gasteiger partial charge in [0.1, 0.15) is 0 Å². The topological polar surface area (TPSA) is 61.0 Å². The van der Waals surface area contributed by atoms with Crippen LogP contribution in [0.25, 0.3) is 11.3 Å². The highest BCUT2D eigenvalue weighted by atomic mass is 16.5. The number of methoxy groups -OCH3 is 1. The van der Waals surface area contributed by atoms with E-state index in [1.165, 1.54) is 0 Å². The minimum absolute atomic E-state index is 0.388. The Morgan fingerprint density at radius 2 is 2.13 bits per heavy atom. The SMILES string of the molecule is COc1ccc(-c2cccnc2)nc1N. The number of hydrogen-bond acceptors (Lipinski definition) is 4. The van der Waals surface area contributed by atoms with Crippen LogP contribution in [0.1, 0.15) is 0 Å². The monoisotopic (exact) mass is 201 g/mol. The third-order valence-corrected chi connectivity index (χ3v) is 2.06. The largest absolute Gasteiger partial charge is 0.493 e. The predicted octanol–water partition coefficient (Wildman–Crippen LogP) is 1.73. The fourth-order valence-corrected chi connectivity index (χ4v) is 1.31. The number of nitrogens with zero attached hydrogens (tertiary/aromatic N) is 2. The molecule has 0 saturated carbocycles. The van der Waals surface area contributed by atoms with Gasteiger partial charge in [0, 0.05) is 18.0 Å². The van der Waals surface area contributed by atoms with E-state index in [1.807, 2.05) is 18.2 Å². The molecule has 4 nitrogen and oxygen atoms in total. The molecule has 2 N–H and O–H groups in total. The van der Waals surface area contributed by atoms with Crippen LogP contribution in [0.15, 0.2) is 36.7 Å². The van der Waals surface area contributed by atoms with Crippen LogP contribution < -0.4 is 10.5 Å². The van der Waals surface area contributed by atoms with Crippen LogP contribution in [0, 0.1) is 0 Å². The second kappa shape index (κ2) is 3.96. The van der Waals surface area contributed by atoms with E-state index in [0.29, 0.717) is 11.6 Å². The number of aromatic nitrogens is 2. The van der Waals surface area contributed by atoms with Crippen molar-refractivity contribution in [2.45, 2.75) is 0 Å². The second-order valence-corrected chi connectivity index (χ2v) is 3.03. The molecule has 2 rings (SSSR count). The lowest BCUT2D eigenvalue weighted by molar-refractivity contribution is 0.415. The van der Waals surface area contributed by atoms with Crippen molar-refractivity contribution in [2.75, 3.05) is 12.8 Å². The molecule has 0 radical (unpaired) electrons. The number of hydrogen-bond donors (Lipinski definition) is 1. The molecule has 2 aromatic heterocycles. The summed E-state index contributed by atoms with van der Waals surface area (Å²) in [5.74, 6) is 0.974. The van der Waals surface area contributed by atoms with E-state index >= 15 is 0 Å². The van der Waals surface area contributed by atoms with Crippen LogP contribution in [0.5, 0.6) is 5.75 Å². The Bertz CT molecular complexity index is 457. The summed E-state index contributed by atoms with van der Waals surface area (Å²) in [5.41, 5.74) is 7.44. The molecule has 0 spiro atoms. The molecule has 2 heterocycles. The summed E-state index contributed by atoms with van der Waals surface area (Å²) in [4.78, 5) is 8.25. The van der Waals surface area contributed by atoms with Gasteiger partial charge in [-0.2, -0.15) is 0 Å².